The number of carboxylic acid groups (broad SMARTS) is 1. The summed E-state index contributed by atoms with van der Waals surface area (Å²) in [5, 5.41) is 8.83. The molecule has 0 amide bonds. The van der Waals surface area contributed by atoms with Crippen LogP contribution in [0.2, 0.25) is 0 Å². The fourth-order valence-electron chi connectivity index (χ4n) is 3.14. The van der Waals surface area contributed by atoms with Crippen LogP contribution in [0.15, 0.2) is 48.5 Å². The largest absolute Gasteiger partial charge is 0.481 e. The number of aldehydes is 1. The molecule has 0 aromatic heterocycles. The van der Waals surface area contributed by atoms with Gasteiger partial charge < -0.3 is 9.90 Å². The van der Waals surface area contributed by atoms with Crippen molar-refractivity contribution in [2.24, 2.45) is 11.8 Å². The van der Waals surface area contributed by atoms with E-state index in [0.717, 1.165) is 18.3 Å². The molecule has 0 bridgehead atoms. The molecule has 3 heteroatoms. The van der Waals surface area contributed by atoms with Gasteiger partial charge in [0.15, 0.2) is 0 Å². The Hall–Kier alpha value is -2.42. The number of hydrogen-bond donors (Lipinski definition) is 1. The highest BCUT2D eigenvalue weighted by atomic mass is 16.4. The Kier molecular flexibility index (Phi) is 9.68. The Morgan fingerprint density at radius 2 is 1.13 bits per heavy atom. The van der Waals surface area contributed by atoms with Crippen LogP contribution >= 0.6 is 0 Å². The number of rotatable bonds is 6. The molecule has 0 aliphatic heterocycles. The van der Waals surface area contributed by atoms with Crippen LogP contribution in [0.25, 0.3) is 0 Å². The van der Waals surface area contributed by atoms with Crippen molar-refractivity contribution in [3.63, 3.8) is 0 Å². The molecule has 2 rings (SSSR count). The number of carbonyl (C=O) groups is 2. The zero-order valence-electron chi connectivity index (χ0n) is 20.5. The van der Waals surface area contributed by atoms with E-state index in [4.69, 9.17) is 5.11 Å². The third-order valence-corrected chi connectivity index (χ3v) is 5.39. The third kappa shape index (κ3) is 9.50. The minimum Gasteiger partial charge on any atom is -0.481 e. The van der Waals surface area contributed by atoms with Crippen LogP contribution in [-0.2, 0) is 33.3 Å². The highest BCUT2D eigenvalue weighted by molar-refractivity contribution is 5.69. The average Bonchev–Trinajstić information content (AvgIpc) is 2.67. The lowest BCUT2D eigenvalue weighted by Crippen LogP contribution is -2.13. The Labute approximate surface area is 188 Å². The maximum absolute atomic E-state index is 10.7. The summed E-state index contributed by atoms with van der Waals surface area (Å²) in [5.74, 6) is -0.939. The van der Waals surface area contributed by atoms with Crippen molar-refractivity contribution in [2.75, 3.05) is 0 Å². The van der Waals surface area contributed by atoms with E-state index in [9.17, 15) is 9.59 Å². The molecule has 3 nitrogen and oxygen atoms in total. The molecule has 0 fully saturated rings. The standard InChI is InChI=1S/C14H20O2.C14H20O/c1-10(13(15)16)9-11-5-7-12(8-6-11)14(2,3)4;1-11(10-15)9-12-5-7-13(8-6-12)14(2,3)4/h5-8,10H,9H2,1-4H3,(H,15,16);5-8,10-11H,9H2,1-4H3. The van der Waals surface area contributed by atoms with Gasteiger partial charge in [-0.15, -0.1) is 0 Å². The zero-order chi connectivity index (χ0) is 23.8. The van der Waals surface area contributed by atoms with Gasteiger partial charge in [-0.2, -0.15) is 0 Å². The molecule has 31 heavy (non-hydrogen) atoms. The number of carbonyl (C=O) groups excluding carboxylic acids is 1. The van der Waals surface area contributed by atoms with Gasteiger partial charge in [-0.05, 0) is 45.9 Å². The van der Waals surface area contributed by atoms with Crippen LogP contribution in [-0.4, -0.2) is 17.4 Å². The fraction of sp³-hybridized carbons (Fsp3) is 0.500. The lowest BCUT2D eigenvalue weighted by molar-refractivity contribution is -0.141. The SMILES string of the molecule is CC(C=O)Cc1ccc(C(C)(C)C)cc1.CC(Cc1ccc(C(C)(C)C)cc1)C(=O)O. The second kappa shape index (κ2) is 11.3. The molecule has 2 aromatic carbocycles. The average molecular weight is 425 g/mol. The molecule has 0 heterocycles. The van der Waals surface area contributed by atoms with Crippen molar-refractivity contribution in [3.05, 3.63) is 70.8 Å². The van der Waals surface area contributed by atoms with Crippen LogP contribution in [0.3, 0.4) is 0 Å². The number of hydrogen-bond acceptors (Lipinski definition) is 2. The highest BCUT2D eigenvalue weighted by Crippen LogP contribution is 2.23. The summed E-state index contributed by atoms with van der Waals surface area (Å²) in [4.78, 5) is 21.3. The van der Waals surface area contributed by atoms with Crippen LogP contribution in [0, 0.1) is 11.8 Å². The van der Waals surface area contributed by atoms with Crippen molar-refractivity contribution in [2.45, 2.75) is 79.1 Å². The van der Waals surface area contributed by atoms with E-state index in [1.165, 1.54) is 16.7 Å². The lowest BCUT2D eigenvalue weighted by Gasteiger charge is -2.19. The van der Waals surface area contributed by atoms with Crippen LogP contribution in [0.4, 0.5) is 0 Å². The monoisotopic (exact) mass is 424 g/mol. The summed E-state index contributed by atoms with van der Waals surface area (Å²) in [6.45, 7) is 16.8. The molecule has 0 saturated heterocycles. The maximum atomic E-state index is 10.7. The summed E-state index contributed by atoms with van der Waals surface area (Å²) in [7, 11) is 0. The van der Waals surface area contributed by atoms with Gasteiger partial charge in [0, 0.05) is 5.92 Å². The van der Waals surface area contributed by atoms with E-state index < -0.39 is 5.97 Å². The van der Waals surface area contributed by atoms with Crippen LogP contribution in [0.5, 0.6) is 0 Å². The summed E-state index contributed by atoms with van der Waals surface area (Å²) < 4.78 is 0. The summed E-state index contributed by atoms with van der Waals surface area (Å²) in [6, 6.07) is 16.8. The van der Waals surface area contributed by atoms with Crippen molar-refractivity contribution in [1.29, 1.82) is 0 Å². The van der Waals surface area contributed by atoms with Crippen molar-refractivity contribution < 1.29 is 14.7 Å². The number of carboxylic acids is 1. The van der Waals surface area contributed by atoms with Crippen LogP contribution < -0.4 is 0 Å². The van der Waals surface area contributed by atoms with E-state index in [2.05, 4.69) is 77.9 Å². The Morgan fingerprint density at radius 1 is 0.774 bits per heavy atom. The summed E-state index contributed by atoms with van der Waals surface area (Å²) in [5.41, 5.74) is 5.29. The first kappa shape index (κ1) is 26.6. The second-order valence-electron chi connectivity index (χ2n) is 10.7. The van der Waals surface area contributed by atoms with Gasteiger partial charge in [-0.1, -0.05) is 104 Å². The number of benzene rings is 2. The molecular formula is C28H40O3. The predicted molar refractivity (Wildman–Crippen MR) is 130 cm³/mol. The topological polar surface area (TPSA) is 54.4 Å². The highest BCUT2D eigenvalue weighted by Gasteiger charge is 2.15. The molecule has 2 aromatic rings. The molecule has 0 aliphatic carbocycles. The minimum absolute atomic E-state index is 0.116. The van der Waals surface area contributed by atoms with Crippen LogP contribution in [0.1, 0.15) is 77.6 Å². The molecule has 170 valence electrons. The second-order valence-corrected chi connectivity index (χ2v) is 10.7. The van der Waals surface area contributed by atoms with Gasteiger partial charge in [0.25, 0.3) is 0 Å². The first-order valence-corrected chi connectivity index (χ1v) is 11.1. The van der Waals surface area contributed by atoms with Gasteiger partial charge in [0.05, 0.1) is 5.92 Å². The molecule has 1 N–H and O–H groups in total. The first-order valence-electron chi connectivity index (χ1n) is 11.1. The molecular weight excluding hydrogens is 384 g/mol. The molecule has 0 saturated carbocycles. The Bertz CT molecular complexity index is 819. The van der Waals surface area contributed by atoms with Gasteiger partial charge in [-0.25, -0.2) is 0 Å². The summed E-state index contributed by atoms with van der Waals surface area (Å²) in [6.07, 6.45) is 2.45. The molecule has 0 radical (unpaired) electrons. The van der Waals surface area contributed by atoms with E-state index in [1.54, 1.807) is 6.92 Å². The van der Waals surface area contributed by atoms with Crippen molar-refractivity contribution in [1.82, 2.24) is 0 Å². The smallest absolute Gasteiger partial charge is 0.306 e. The Balaban J connectivity index is 0.000000311. The van der Waals surface area contributed by atoms with E-state index >= 15 is 0 Å². The third-order valence-electron chi connectivity index (χ3n) is 5.39. The van der Waals surface area contributed by atoms with E-state index in [1.807, 2.05) is 19.1 Å². The normalized spacial score (nSPS) is 13.5. The predicted octanol–water partition coefficient (Wildman–Crippen LogP) is 6.61. The molecule has 2 unspecified atom stereocenters. The summed E-state index contributed by atoms with van der Waals surface area (Å²) >= 11 is 0. The van der Waals surface area contributed by atoms with Crippen molar-refractivity contribution >= 4 is 12.3 Å². The maximum Gasteiger partial charge on any atom is 0.306 e. The van der Waals surface area contributed by atoms with Gasteiger partial charge in [0.1, 0.15) is 6.29 Å². The zero-order valence-corrected chi connectivity index (χ0v) is 20.5. The minimum atomic E-state index is -0.736. The fourth-order valence-corrected chi connectivity index (χ4v) is 3.14. The van der Waals surface area contributed by atoms with Gasteiger partial charge in [-0.3, -0.25) is 4.79 Å². The van der Waals surface area contributed by atoms with Gasteiger partial charge in [0.2, 0.25) is 0 Å². The Morgan fingerprint density at radius 3 is 1.42 bits per heavy atom. The van der Waals surface area contributed by atoms with Crippen molar-refractivity contribution in [3.8, 4) is 0 Å². The first-order chi connectivity index (χ1) is 14.2. The number of aliphatic carboxylic acids is 1. The lowest BCUT2D eigenvalue weighted by atomic mass is 9.86. The van der Waals surface area contributed by atoms with E-state index in [0.29, 0.717) is 6.42 Å². The van der Waals surface area contributed by atoms with Gasteiger partial charge >= 0.3 is 5.97 Å². The molecule has 0 spiro atoms. The molecule has 2 atom stereocenters. The molecule has 0 aliphatic rings. The van der Waals surface area contributed by atoms with E-state index in [-0.39, 0.29) is 22.7 Å². The quantitative estimate of drug-likeness (QED) is 0.531.